The summed E-state index contributed by atoms with van der Waals surface area (Å²) < 4.78 is 0. The van der Waals surface area contributed by atoms with Crippen molar-refractivity contribution in [3.8, 4) is 0 Å². The molecule has 1 aliphatic heterocycles. The van der Waals surface area contributed by atoms with E-state index in [0.717, 1.165) is 30.9 Å². The number of thioether (sulfide) groups is 1. The molecule has 2 unspecified atom stereocenters. The van der Waals surface area contributed by atoms with Gasteiger partial charge < -0.3 is 5.32 Å². The quantitative estimate of drug-likeness (QED) is 0.597. The van der Waals surface area contributed by atoms with Crippen molar-refractivity contribution < 1.29 is 4.92 Å². The summed E-state index contributed by atoms with van der Waals surface area (Å²) in [5.41, 5.74) is 1.37. The zero-order valence-electron chi connectivity index (χ0n) is 11.6. The fraction of sp³-hybridized carbons (Fsp3) is 0.857. The Kier molecular flexibility index (Phi) is 5.78. The zero-order chi connectivity index (χ0) is 13.2. The van der Waals surface area contributed by atoms with Crippen LogP contribution in [-0.4, -0.2) is 22.3 Å². The first-order valence-corrected chi connectivity index (χ1v) is 8.44. The number of fused-ring (bicyclic) bond motifs is 1. The number of nitro groups is 1. The van der Waals surface area contributed by atoms with Crippen LogP contribution in [0.4, 0.5) is 0 Å². The summed E-state index contributed by atoms with van der Waals surface area (Å²) in [6.07, 6.45) is 8.78. The maximum atomic E-state index is 10.8. The number of hydrogen-bond donors (Lipinski definition) is 1. The van der Waals surface area contributed by atoms with E-state index in [1.807, 2.05) is 11.8 Å². The Hall–Kier alpha value is -0.230. The highest BCUT2D eigenvalue weighted by atomic mass is 79.9. The number of rotatable bonds is 2. The summed E-state index contributed by atoms with van der Waals surface area (Å²) in [7, 11) is 0. The van der Waals surface area contributed by atoms with Crippen LogP contribution in [0.3, 0.4) is 0 Å². The molecule has 0 amide bonds. The molecular formula is C14H23BrN2O2S. The standard InChI is InChI=1S/C14H22N2O2S.BrH/c17-16(18)11-7-5-10(6-8-11)13-9-19-14-4-2-1-3-12(14)15-13;/h9-12,14-15H,1-8H2;1H. The molecular weight excluding hydrogens is 340 g/mol. The molecule has 0 aromatic rings. The second kappa shape index (κ2) is 7.16. The van der Waals surface area contributed by atoms with Gasteiger partial charge in [-0.15, -0.1) is 28.7 Å². The Balaban J connectivity index is 0.00000147. The Morgan fingerprint density at radius 2 is 1.85 bits per heavy atom. The van der Waals surface area contributed by atoms with Crippen molar-refractivity contribution in [2.45, 2.75) is 68.7 Å². The van der Waals surface area contributed by atoms with Gasteiger partial charge in [0, 0.05) is 34.8 Å². The molecule has 2 aliphatic carbocycles. The monoisotopic (exact) mass is 362 g/mol. The van der Waals surface area contributed by atoms with E-state index in [1.54, 1.807) is 0 Å². The van der Waals surface area contributed by atoms with Gasteiger partial charge in [0.05, 0.1) is 0 Å². The third-order valence-electron chi connectivity index (χ3n) is 4.86. The first kappa shape index (κ1) is 16.1. The van der Waals surface area contributed by atoms with Crippen LogP contribution >= 0.6 is 28.7 Å². The lowest BCUT2D eigenvalue weighted by molar-refractivity contribution is -0.526. The molecule has 2 fully saturated rings. The molecule has 3 aliphatic rings. The van der Waals surface area contributed by atoms with Crippen molar-refractivity contribution >= 4 is 28.7 Å². The van der Waals surface area contributed by atoms with E-state index < -0.39 is 0 Å². The van der Waals surface area contributed by atoms with E-state index in [4.69, 9.17) is 0 Å². The van der Waals surface area contributed by atoms with Crippen LogP contribution in [0.2, 0.25) is 0 Å². The molecule has 2 atom stereocenters. The molecule has 0 aromatic carbocycles. The van der Waals surface area contributed by atoms with Crippen LogP contribution in [0, 0.1) is 16.0 Å². The van der Waals surface area contributed by atoms with Crippen LogP contribution in [0.15, 0.2) is 11.1 Å². The average Bonchev–Trinajstić information content (AvgIpc) is 2.47. The molecule has 0 radical (unpaired) electrons. The Morgan fingerprint density at radius 1 is 1.15 bits per heavy atom. The van der Waals surface area contributed by atoms with E-state index in [9.17, 15) is 10.1 Å². The van der Waals surface area contributed by atoms with E-state index >= 15 is 0 Å². The molecule has 4 nitrogen and oxygen atoms in total. The zero-order valence-corrected chi connectivity index (χ0v) is 14.2. The maximum absolute atomic E-state index is 10.8. The number of allylic oxidation sites excluding steroid dienone is 1. The van der Waals surface area contributed by atoms with Gasteiger partial charge in [-0.25, -0.2) is 0 Å². The molecule has 6 heteroatoms. The van der Waals surface area contributed by atoms with Crippen LogP contribution in [0.25, 0.3) is 0 Å². The number of hydrogen-bond acceptors (Lipinski definition) is 4. The van der Waals surface area contributed by atoms with Crippen molar-refractivity contribution in [2.24, 2.45) is 5.92 Å². The lowest BCUT2D eigenvalue weighted by Crippen LogP contribution is -2.44. The molecule has 2 saturated carbocycles. The van der Waals surface area contributed by atoms with Gasteiger partial charge in [0.2, 0.25) is 6.04 Å². The van der Waals surface area contributed by atoms with Gasteiger partial charge in [-0.2, -0.15) is 0 Å². The molecule has 0 saturated heterocycles. The lowest BCUT2D eigenvalue weighted by Gasteiger charge is -2.39. The van der Waals surface area contributed by atoms with Gasteiger partial charge in [0.25, 0.3) is 0 Å². The van der Waals surface area contributed by atoms with Crippen molar-refractivity contribution in [3.63, 3.8) is 0 Å². The Bertz CT molecular complexity index is 383. The number of nitrogens with one attached hydrogen (secondary N) is 1. The van der Waals surface area contributed by atoms with Crippen LogP contribution in [0.1, 0.15) is 51.4 Å². The topological polar surface area (TPSA) is 55.2 Å². The van der Waals surface area contributed by atoms with Gasteiger partial charge in [-0.3, -0.25) is 10.1 Å². The Labute approximate surface area is 135 Å². The second-order valence-electron chi connectivity index (χ2n) is 6.07. The summed E-state index contributed by atoms with van der Waals surface area (Å²) in [5, 5.41) is 17.6. The maximum Gasteiger partial charge on any atom is 0.213 e. The number of halogens is 1. The average molecular weight is 363 g/mol. The number of nitrogens with zero attached hydrogens (tertiary/aromatic N) is 1. The molecule has 0 spiro atoms. The minimum Gasteiger partial charge on any atom is -0.384 e. The minimum atomic E-state index is -0.296. The SMILES string of the molecule is Br.O=[N+]([O-])C1CCC(C2=CSC3CCCCC3N2)CC1. The summed E-state index contributed by atoms with van der Waals surface area (Å²) in [5.74, 6) is 0.534. The largest absolute Gasteiger partial charge is 0.384 e. The summed E-state index contributed by atoms with van der Waals surface area (Å²) in [6.45, 7) is 0. The predicted octanol–water partition coefficient (Wildman–Crippen LogP) is 3.89. The van der Waals surface area contributed by atoms with Gasteiger partial charge >= 0.3 is 0 Å². The van der Waals surface area contributed by atoms with Gasteiger partial charge in [-0.1, -0.05) is 12.8 Å². The van der Waals surface area contributed by atoms with E-state index in [2.05, 4.69) is 10.7 Å². The highest BCUT2D eigenvalue weighted by molar-refractivity contribution is 8.93. The molecule has 0 bridgehead atoms. The van der Waals surface area contributed by atoms with Crippen molar-refractivity contribution in [1.82, 2.24) is 5.32 Å². The van der Waals surface area contributed by atoms with Crippen molar-refractivity contribution in [2.75, 3.05) is 0 Å². The van der Waals surface area contributed by atoms with Crippen LogP contribution in [-0.2, 0) is 0 Å². The normalized spacial score (nSPS) is 36.9. The van der Waals surface area contributed by atoms with E-state index in [1.165, 1.54) is 31.4 Å². The first-order valence-electron chi connectivity index (χ1n) is 7.49. The second-order valence-corrected chi connectivity index (χ2v) is 7.19. The van der Waals surface area contributed by atoms with Crippen LogP contribution in [0.5, 0.6) is 0 Å². The molecule has 1 N–H and O–H groups in total. The summed E-state index contributed by atoms with van der Waals surface area (Å²) in [6, 6.07) is 0.350. The minimum absolute atomic E-state index is 0. The Morgan fingerprint density at radius 3 is 2.55 bits per heavy atom. The summed E-state index contributed by atoms with van der Waals surface area (Å²) in [4.78, 5) is 10.7. The molecule has 1 heterocycles. The van der Waals surface area contributed by atoms with Crippen molar-refractivity contribution in [3.05, 3.63) is 21.2 Å². The molecule has 114 valence electrons. The van der Waals surface area contributed by atoms with Crippen LogP contribution < -0.4 is 5.32 Å². The first-order chi connectivity index (χ1) is 9.24. The smallest absolute Gasteiger partial charge is 0.213 e. The predicted molar refractivity (Wildman–Crippen MR) is 87.9 cm³/mol. The fourth-order valence-corrected chi connectivity index (χ4v) is 4.92. The third kappa shape index (κ3) is 3.50. The fourth-order valence-electron chi connectivity index (χ4n) is 3.65. The van der Waals surface area contributed by atoms with Gasteiger partial charge in [0.15, 0.2) is 0 Å². The molecule has 0 aromatic heterocycles. The lowest BCUT2D eigenvalue weighted by atomic mass is 9.83. The highest BCUT2D eigenvalue weighted by Crippen LogP contribution is 2.38. The van der Waals surface area contributed by atoms with E-state index in [-0.39, 0.29) is 27.9 Å². The molecule has 3 rings (SSSR count). The molecule has 20 heavy (non-hydrogen) atoms. The van der Waals surface area contributed by atoms with Crippen molar-refractivity contribution in [1.29, 1.82) is 0 Å². The van der Waals surface area contributed by atoms with Gasteiger partial charge in [0.1, 0.15) is 0 Å². The third-order valence-corrected chi connectivity index (χ3v) is 6.16. The highest BCUT2D eigenvalue weighted by Gasteiger charge is 2.34. The van der Waals surface area contributed by atoms with Gasteiger partial charge in [-0.05, 0) is 37.0 Å². The summed E-state index contributed by atoms with van der Waals surface area (Å²) >= 11 is 2.00. The van der Waals surface area contributed by atoms with E-state index in [0.29, 0.717) is 12.0 Å².